The van der Waals surface area contributed by atoms with Crippen LogP contribution >= 0.6 is 11.6 Å². The summed E-state index contributed by atoms with van der Waals surface area (Å²) >= 11 is 5.69. The smallest absolute Gasteiger partial charge is 0.240 e. The van der Waals surface area contributed by atoms with Crippen molar-refractivity contribution in [2.45, 2.75) is 18.7 Å². The van der Waals surface area contributed by atoms with Crippen LogP contribution in [-0.2, 0) is 9.53 Å². The number of alkyl halides is 1. The van der Waals surface area contributed by atoms with Crippen LogP contribution in [0, 0.1) is 11.3 Å². The number of aliphatic hydroxyl groups excluding tert-OH is 1. The van der Waals surface area contributed by atoms with Gasteiger partial charge in [-0.25, -0.2) is 0 Å². The molecule has 1 amide bonds. The van der Waals surface area contributed by atoms with Gasteiger partial charge in [-0.2, -0.15) is 5.26 Å². The SMILES string of the molecule is CC(Cl)C(=O)N(CCC#N)CCOCCO. The van der Waals surface area contributed by atoms with E-state index < -0.39 is 5.38 Å². The summed E-state index contributed by atoms with van der Waals surface area (Å²) in [7, 11) is 0. The number of rotatable bonds is 8. The number of ether oxygens (including phenoxy) is 1. The van der Waals surface area contributed by atoms with Crippen molar-refractivity contribution in [2.75, 3.05) is 32.9 Å². The lowest BCUT2D eigenvalue weighted by atomic mass is 10.3. The lowest BCUT2D eigenvalue weighted by Crippen LogP contribution is -2.38. The van der Waals surface area contributed by atoms with E-state index in [1.807, 2.05) is 6.07 Å². The Kier molecular flexibility index (Phi) is 8.91. The highest BCUT2D eigenvalue weighted by molar-refractivity contribution is 6.30. The zero-order valence-electron chi connectivity index (χ0n) is 9.36. The Bertz CT molecular complexity index is 241. The first kappa shape index (κ1) is 15.2. The fraction of sp³-hybridized carbons (Fsp3) is 0.800. The quantitative estimate of drug-likeness (QED) is 0.497. The topological polar surface area (TPSA) is 73.6 Å². The maximum Gasteiger partial charge on any atom is 0.240 e. The number of carbonyl (C=O) groups is 1. The van der Waals surface area contributed by atoms with Crippen LogP contribution in [0.25, 0.3) is 0 Å². The van der Waals surface area contributed by atoms with Crippen molar-refractivity contribution in [2.24, 2.45) is 0 Å². The van der Waals surface area contributed by atoms with E-state index in [0.29, 0.717) is 19.7 Å². The second-order valence-corrected chi connectivity index (χ2v) is 3.84. The van der Waals surface area contributed by atoms with Crippen LogP contribution in [0.2, 0.25) is 0 Å². The Morgan fingerprint density at radius 2 is 2.25 bits per heavy atom. The van der Waals surface area contributed by atoms with E-state index >= 15 is 0 Å². The van der Waals surface area contributed by atoms with Crippen LogP contribution in [0.4, 0.5) is 0 Å². The van der Waals surface area contributed by atoms with E-state index in [1.165, 1.54) is 4.90 Å². The molecule has 5 nitrogen and oxygen atoms in total. The standard InChI is InChI=1S/C10H17ClN2O3/c1-9(11)10(15)13(4-2-3-12)5-7-16-8-6-14/h9,14H,2,4-8H2,1H3. The minimum absolute atomic E-state index is 0.0436. The summed E-state index contributed by atoms with van der Waals surface area (Å²) in [4.78, 5) is 13.1. The molecule has 1 atom stereocenters. The third-order valence-corrected chi connectivity index (χ3v) is 2.07. The van der Waals surface area contributed by atoms with E-state index in [4.69, 9.17) is 26.7 Å². The van der Waals surface area contributed by atoms with Crippen molar-refractivity contribution in [3.05, 3.63) is 0 Å². The molecule has 0 aliphatic heterocycles. The number of aliphatic hydroxyl groups is 1. The summed E-state index contributed by atoms with van der Waals surface area (Å²) < 4.78 is 5.05. The maximum absolute atomic E-state index is 11.6. The highest BCUT2D eigenvalue weighted by Gasteiger charge is 2.17. The third kappa shape index (κ3) is 6.62. The first-order chi connectivity index (χ1) is 7.63. The molecular weight excluding hydrogens is 232 g/mol. The average Bonchev–Trinajstić information content (AvgIpc) is 2.27. The van der Waals surface area contributed by atoms with Crippen molar-refractivity contribution in [1.29, 1.82) is 5.26 Å². The molecule has 1 N–H and O–H groups in total. The maximum atomic E-state index is 11.6. The highest BCUT2D eigenvalue weighted by atomic mass is 35.5. The molecule has 0 bridgehead atoms. The van der Waals surface area contributed by atoms with Crippen LogP contribution in [0.5, 0.6) is 0 Å². The Hall–Kier alpha value is -0.830. The van der Waals surface area contributed by atoms with Crippen LogP contribution in [0.3, 0.4) is 0 Å². The summed E-state index contributed by atoms with van der Waals surface area (Å²) in [6.07, 6.45) is 0.273. The first-order valence-corrected chi connectivity index (χ1v) is 5.55. The second kappa shape index (κ2) is 9.40. The van der Waals surface area contributed by atoms with Gasteiger partial charge < -0.3 is 14.7 Å². The molecule has 0 saturated carbocycles. The van der Waals surface area contributed by atoms with E-state index in [2.05, 4.69) is 0 Å². The monoisotopic (exact) mass is 248 g/mol. The number of amides is 1. The van der Waals surface area contributed by atoms with E-state index in [0.717, 1.165) is 0 Å². The van der Waals surface area contributed by atoms with Gasteiger partial charge in [-0.1, -0.05) is 0 Å². The summed E-state index contributed by atoms with van der Waals surface area (Å²) in [5.41, 5.74) is 0. The third-order valence-electron chi connectivity index (χ3n) is 1.89. The van der Waals surface area contributed by atoms with Crippen molar-refractivity contribution < 1.29 is 14.6 Å². The molecular formula is C10H17ClN2O3. The Balaban J connectivity index is 4.01. The molecule has 0 fully saturated rings. The van der Waals surface area contributed by atoms with Gasteiger partial charge in [0.15, 0.2) is 0 Å². The van der Waals surface area contributed by atoms with Gasteiger partial charge in [-0.15, -0.1) is 11.6 Å². The molecule has 92 valence electrons. The molecule has 0 spiro atoms. The van der Waals surface area contributed by atoms with Gasteiger partial charge in [0.25, 0.3) is 0 Å². The predicted octanol–water partition coefficient (Wildman–Crippen LogP) is 0.365. The molecule has 16 heavy (non-hydrogen) atoms. The largest absolute Gasteiger partial charge is 0.394 e. The predicted molar refractivity (Wildman–Crippen MR) is 60.0 cm³/mol. The van der Waals surface area contributed by atoms with Gasteiger partial charge in [0.1, 0.15) is 5.38 Å². The second-order valence-electron chi connectivity index (χ2n) is 3.19. The van der Waals surface area contributed by atoms with Crippen LogP contribution in [0.15, 0.2) is 0 Å². The Morgan fingerprint density at radius 1 is 1.56 bits per heavy atom. The lowest BCUT2D eigenvalue weighted by Gasteiger charge is -2.22. The molecule has 0 rings (SSSR count). The van der Waals surface area contributed by atoms with Gasteiger partial charge >= 0.3 is 0 Å². The number of hydrogen-bond acceptors (Lipinski definition) is 4. The average molecular weight is 249 g/mol. The van der Waals surface area contributed by atoms with Crippen molar-refractivity contribution in [3.8, 4) is 6.07 Å². The van der Waals surface area contributed by atoms with Crippen molar-refractivity contribution >= 4 is 17.5 Å². The van der Waals surface area contributed by atoms with Gasteiger partial charge in [0.2, 0.25) is 5.91 Å². The summed E-state index contributed by atoms with van der Waals surface area (Å²) in [6.45, 7) is 2.88. The molecule has 0 saturated heterocycles. The molecule has 0 aromatic carbocycles. The van der Waals surface area contributed by atoms with Crippen LogP contribution in [0.1, 0.15) is 13.3 Å². The normalized spacial score (nSPS) is 11.9. The van der Waals surface area contributed by atoms with Gasteiger partial charge in [0.05, 0.1) is 32.3 Å². The zero-order chi connectivity index (χ0) is 12.4. The van der Waals surface area contributed by atoms with Crippen molar-refractivity contribution in [3.63, 3.8) is 0 Å². The van der Waals surface area contributed by atoms with E-state index in [1.54, 1.807) is 6.92 Å². The Morgan fingerprint density at radius 3 is 2.75 bits per heavy atom. The van der Waals surface area contributed by atoms with E-state index in [9.17, 15) is 4.79 Å². The summed E-state index contributed by atoms with van der Waals surface area (Å²) in [5.74, 6) is -0.204. The van der Waals surface area contributed by atoms with Gasteiger partial charge in [-0.3, -0.25) is 4.79 Å². The fourth-order valence-corrected chi connectivity index (χ4v) is 1.25. The number of nitriles is 1. The molecule has 0 aromatic rings. The summed E-state index contributed by atoms with van der Waals surface area (Å²) in [5, 5.41) is 16.4. The van der Waals surface area contributed by atoms with E-state index in [-0.39, 0.29) is 25.5 Å². The van der Waals surface area contributed by atoms with Crippen LogP contribution in [-0.4, -0.2) is 54.2 Å². The van der Waals surface area contributed by atoms with Gasteiger partial charge in [-0.05, 0) is 6.92 Å². The molecule has 0 aliphatic rings. The number of carbonyl (C=O) groups excluding carboxylic acids is 1. The summed E-state index contributed by atoms with van der Waals surface area (Å²) in [6, 6.07) is 1.98. The van der Waals surface area contributed by atoms with Crippen LogP contribution < -0.4 is 0 Å². The first-order valence-electron chi connectivity index (χ1n) is 5.12. The highest BCUT2D eigenvalue weighted by Crippen LogP contribution is 2.02. The van der Waals surface area contributed by atoms with Crippen molar-refractivity contribution in [1.82, 2.24) is 4.90 Å². The molecule has 0 heterocycles. The molecule has 1 unspecified atom stereocenters. The minimum atomic E-state index is -0.600. The molecule has 0 aromatic heterocycles. The number of hydrogen-bond donors (Lipinski definition) is 1. The Labute approximate surface area is 101 Å². The fourth-order valence-electron chi connectivity index (χ4n) is 1.11. The minimum Gasteiger partial charge on any atom is -0.394 e. The molecule has 0 radical (unpaired) electrons. The molecule has 0 aliphatic carbocycles. The lowest BCUT2D eigenvalue weighted by molar-refractivity contribution is -0.131. The number of halogens is 1. The van der Waals surface area contributed by atoms with Gasteiger partial charge in [0, 0.05) is 13.1 Å². The number of nitrogens with zero attached hydrogens (tertiary/aromatic N) is 2. The molecule has 6 heteroatoms. The zero-order valence-corrected chi connectivity index (χ0v) is 10.1.